The van der Waals surface area contributed by atoms with Crippen molar-refractivity contribution in [1.29, 1.82) is 5.26 Å². The lowest BCUT2D eigenvalue weighted by atomic mass is 10.1. The van der Waals surface area contributed by atoms with Crippen LogP contribution in [0.15, 0.2) is 11.4 Å². The molecule has 2 aromatic heterocycles. The van der Waals surface area contributed by atoms with Gasteiger partial charge in [-0.2, -0.15) is 5.26 Å². The third kappa shape index (κ3) is 4.03. The highest BCUT2D eigenvalue weighted by Gasteiger charge is 2.25. The molecule has 0 aromatic carbocycles. The molecule has 5 nitrogen and oxygen atoms in total. The van der Waals surface area contributed by atoms with Crippen molar-refractivity contribution < 1.29 is 14.3 Å². The Hall–Kier alpha value is -2.04. The molecular formula is C16H16N2O3S2. The molecule has 0 spiro atoms. The zero-order valence-corrected chi connectivity index (χ0v) is 14.7. The van der Waals surface area contributed by atoms with Gasteiger partial charge in [-0.1, -0.05) is 6.92 Å². The maximum absolute atomic E-state index is 12.1. The largest absolute Gasteiger partial charge is 0.453 e. The van der Waals surface area contributed by atoms with Crippen LogP contribution in [0.5, 0.6) is 0 Å². The Bertz CT molecular complexity index is 771. The summed E-state index contributed by atoms with van der Waals surface area (Å²) in [5.41, 5.74) is 1.81. The van der Waals surface area contributed by atoms with Crippen molar-refractivity contribution in [2.75, 3.05) is 6.61 Å². The van der Waals surface area contributed by atoms with Gasteiger partial charge in [0.2, 0.25) is 0 Å². The van der Waals surface area contributed by atoms with Crippen LogP contribution in [0, 0.1) is 25.2 Å². The van der Waals surface area contributed by atoms with Crippen LogP contribution in [-0.2, 0) is 16.0 Å². The molecule has 0 fully saturated rings. The molecule has 0 N–H and O–H groups in total. The van der Waals surface area contributed by atoms with Crippen LogP contribution in [0.4, 0.5) is 0 Å². The topological polar surface area (TPSA) is 80.0 Å². The van der Waals surface area contributed by atoms with Crippen molar-refractivity contribution in [1.82, 2.24) is 4.98 Å². The molecule has 0 aliphatic carbocycles. The lowest BCUT2D eigenvalue weighted by Gasteiger charge is -2.05. The molecule has 0 unspecified atom stereocenters. The minimum absolute atomic E-state index is 0.423. The second kappa shape index (κ2) is 7.49. The molecule has 2 aromatic rings. The Morgan fingerprint density at radius 1 is 1.43 bits per heavy atom. The zero-order valence-electron chi connectivity index (χ0n) is 13.1. The lowest BCUT2D eigenvalue weighted by molar-refractivity contribution is -0.122. The van der Waals surface area contributed by atoms with Gasteiger partial charge in [-0.25, -0.2) is 9.78 Å². The Balaban J connectivity index is 2.00. The number of aromatic nitrogens is 1. The minimum atomic E-state index is -0.988. The molecule has 1 atom stereocenters. The van der Waals surface area contributed by atoms with Crippen LogP contribution in [0.25, 0.3) is 0 Å². The van der Waals surface area contributed by atoms with Crippen molar-refractivity contribution in [2.24, 2.45) is 0 Å². The number of carbonyl (C=O) groups excluding carboxylic acids is 2. The van der Waals surface area contributed by atoms with E-state index >= 15 is 0 Å². The van der Waals surface area contributed by atoms with Crippen molar-refractivity contribution >= 4 is 34.4 Å². The monoisotopic (exact) mass is 348 g/mol. The highest BCUT2D eigenvalue weighted by atomic mass is 32.1. The number of nitriles is 1. The van der Waals surface area contributed by atoms with Gasteiger partial charge in [0.1, 0.15) is 9.88 Å². The predicted molar refractivity (Wildman–Crippen MR) is 88.9 cm³/mol. The summed E-state index contributed by atoms with van der Waals surface area (Å²) >= 11 is 2.63. The molecule has 2 rings (SSSR count). The minimum Gasteiger partial charge on any atom is -0.453 e. The third-order valence-electron chi connectivity index (χ3n) is 3.22. The van der Waals surface area contributed by atoms with Crippen LogP contribution >= 0.6 is 22.7 Å². The number of hydrogen-bond acceptors (Lipinski definition) is 7. The van der Waals surface area contributed by atoms with E-state index in [-0.39, 0.29) is 0 Å². The van der Waals surface area contributed by atoms with Crippen molar-refractivity contribution in [3.05, 3.63) is 37.5 Å². The zero-order chi connectivity index (χ0) is 17.0. The number of thiazole rings is 1. The second-order valence-electron chi connectivity index (χ2n) is 5.00. The standard InChI is InChI=1S/C16H16N2O3S2/c1-4-13-9(2)5-14(23-13)16(20)21-7-12(19)11(6-17)15-18-10(3)8-22-15/h5,8,11H,4,7H2,1-3H3/t11-/m1/s1. The van der Waals surface area contributed by atoms with Gasteiger partial charge in [0.25, 0.3) is 0 Å². The number of esters is 1. The Labute approximate surface area is 142 Å². The summed E-state index contributed by atoms with van der Waals surface area (Å²) < 4.78 is 5.06. The molecule has 0 aliphatic rings. The molecule has 0 aliphatic heterocycles. The van der Waals surface area contributed by atoms with Gasteiger partial charge in [-0.3, -0.25) is 4.79 Å². The number of aryl methyl sites for hydroxylation is 3. The van der Waals surface area contributed by atoms with E-state index in [1.165, 1.54) is 22.7 Å². The SMILES string of the molecule is CCc1sc(C(=O)OCC(=O)[C@@H](C#N)c2nc(C)cs2)cc1C. The second-order valence-corrected chi connectivity index (χ2v) is 7.03. The van der Waals surface area contributed by atoms with E-state index in [1.54, 1.807) is 18.4 Å². The first-order valence-electron chi connectivity index (χ1n) is 7.07. The number of ether oxygens (including phenoxy) is 1. The van der Waals surface area contributed by atoms with Gasteiger partial charge in [0.05, 0.1) is 6.07 Å². The van der Waals surface area contributed by atoms with Gasteiger partial charge in [-0.05, 0) is 31.9 Å². The first-order valence-corrected chi connectivity index (χ1v) is 8.76. The number of thiophene rings is 1. The molecule has 0 saturated carbocycles. The molecule has 120 valence electrons. The van der Waals surface area contributed by atoms with Crippen LogP contribution < -0.4 is 0 Å². The lowest BCUT2D eigenvalue weighted by Crippen LogP contribution is -2.19. The van der Waals surface area contributed by atoms with E-state index in [4.69, 9.17) is 4.74 Å². The summed E-state index contributed by atoms with van der Waals surface area (Å²) in [7, 11) is 0. The number of ketones is 1. The molecule has 0 radical (unpaired) electrons. The summed E-state index contributed by atoms with van der Waals surface area (Å²) in [4.78, 5) is 29.9. The highest BCUT2D eigenvalue weighted by molar-refractivity contribution is 7.14. The van der Waals surface area contributed by atoms with Crippen LogP contribution in [0.2, 0.25) is 0 Å². The average Bonchev–Trinajstić information content (AvgIpc) is 3.11. The van der Waals surface area contributed by atoms with Crippen molar-refractivity contribution in [2.45, 2.75) is 33.1 Å². The highest BCUT2D eigenvalue weighted by Crippen LogP contribution is 2.24. The number of nitrogens with zero attached hydrogens (tertiary/aromatic N) is 2. The quantitative estimate of drug-likeness (QED) is 0.747. The molecule has 2 heterocycles. The molecule has 23 heavy (non-hydrogen) atoms. The molecule has 0 saturated heterocycles. The fraction of sp³-hybridized carbons (Fsp3) is 0.375. The smallest absolute Gasteiger partial charge is 0.348 e. The fourth-order valence-corrected chi connectivity index (χ4v) is 3.90. The van der Waals surface area contributed by atoms with E-state index in [1.807, 2.05) is 19.9 Å². The predicted octanol–water partition coefficient (Wildman–Crippen LogP) is 3.42. The van der Waals surface area contributed by atoms with E-state index < -0.39 is 24.3 Å². The van der Waals surface area contributed by atoms with E-state index in [9.17, 15) is 14.9 Å². The van der Waals surface area contributed by atoms with Crippen molar-refractivity contribution in [3.8, 4) is 6.07 Å². The van der Waals surface area contributed by atoms with E-state index in [0.717, 1.165) is 22.6 Å². The maximum atomic E-state index is 12.1. The Kier molecular flexibility index (Phi) is 5.64. The Morgan fingerprint density at radius 3 is 2.70 bits per heavy atom. The normalized spacial score (nSPS) is 11.7. The van der Waals surface area contributed by atoms with Gasteiger partial charge < -0.3 is 4.74 Å². The third-order valence-corrected chi connectivity index (χ3v) is 5.61. The number of carbonyl (C=O) groups is 2. The molecular weight excluding hydrogens is 332 g/mol. The number of rotatable bonds is 6. The first kappa shape index (κ1) is 17.3. The van der Waals surface area contributed by atoms with E-state index in [0.29, 0.717) is 9.88 Å². The first-order chi connectivity index (χ1) is 11.0. The van der Waals surface area contributed by atoms with Gasteiger partial charge in [0, 0.05) is 16.0 Å². The molecule has 0 amide bonds. The summed E-state index contributed by atoms with van der Waals surface area (Å²) in [6, 6.07) is 3.69. The number of hydrogen-bond donors (Lipinski definition) is 0. The van der Waals surface area contributed by atoms with Crippen LogP contribution in [0.3, 0.4) is 0 Å². The van der Waals surface area contributed by atoms with Gasteiger partial charge in [0.15, 0.2) is 18.3 Å². The van der Waals surface area contributed by atoms with Crippen LogP contribution in [-0.4, -0.2) is 23.3 Å². The van der Waals surface area contributed by atoms with Gasteiger partial charge in [-0.15, -0.1) is 22.7 Å². The van der Waals surface area contributed by atoms with Crippen molar-refractivity contribution in [3.63, 3.8) is 0 Å². The summed E-state index contributed by atoms with van der Waals surface area (Å²) in [6.45, 7) is 5.33. The van der Waals surface area contributed by atoms with Crippen LogP contribution in [0.1, 0.15) is 43.7 Å². The maximum Gasteiger partial charge on any atom is 0.348 e. The molecule has 7 heteroatoms. The summed E-state index contributed by atoms with van der Waals surface area (Å²) in [5.74, 6) is -1.98. The molecule has 0 bridgehead atoms. The summed E-state index contributed by atoms with van der Waals surface area (Å²) in [6.07, 6.45) is 0.850. The number of Topliss-reactive ketones (excluding diaryl/α,β-unsaturated/α-hetero) is 1. The Morgan fingerprint density at radius 2 is 2.17 bits per heavy atom. The van der Waals surface area contributed by atoms with E-state index in [2.05, 4.69) is 4.98 Å². The fourth-order valence-electron chi connectivity index (χ4n) is 2.03. The van der Waals surface area contributed by atoms with Gasteiger partial charge >= 0.3 is 5.97 Å². The average molecular weight is 348 g/mol. The summed E-state index contributed by atoms with van der Waals surface area (Å²) in [5, 5.41) is 11.4.